The monoisotopic (exact) mass is 264 g/mol. The summed E-state index contributed by atoms with van der Waals surface area (Å²) in [6, 6.07) is 1.78. The highest BCUT2D eigenvalue weighted by atomic mass is 32.2. The van der Waals surface area contributed by atoms with E-state index in [1.807, 2.05) is 0 Å². The van der Waals surface area contributed by atoms with Gasteiger partial charge in [0.2, 0.25) is 0 Å². The maximum absolute atomic E-state index is 8.80. The number of hydrogen-bond donors (Lipinski definition) is 2. The first-order valence-corrected chi connectivity index (χ1v) is 5.90. The van der Waals surface area contributed by atoms with Gasteiger partial charge in [0.15, 0.2) is 5.84 Å². The maximum Gasteiger partial charge on any atom is 0.174 e. The van der Waals surface area contributed by atoms with Crippen LogP contribution in [-0.4, -0.2) is 30.8 Å². The highest BCUT2D eigenvalue weighted by molar-refractivity contribution is 7.99. The second-order valence-corrected chi connectivity index (χ2v) is 4.53. The largest absolute Gasteiger partial charge is 0.409 e. The second-order valence-electron chi connectivity index (χ2n) is 3.52. The molecule has 0 saturated heterocycles. The van der Waals surface area contributed by atoms with E-state index >= 15 is 0 Å². The molecular formula is C10H12N6OS. The van der Waals surface area contributed by atoms with Crippen LogP contribution in [0.15, 0.2) is 33.8 Å². The quantitative estimate of drug-likeness (QED) is 0.279. The lowest BCUT2D eigenvalue weighted by atomic mass is 10.2. The van der Waals surface area contributed by atoms with Gasteiger partial charge < -0.3 is 10.9 Å². The zero-order valence-electron chi connectivity index (χ0n) is 9.90. The Balaban J connectivity index is 2.45. The van der Waals surface area contributed by atoms with Crippen molar-refractivity contribution < 1.29 is 5.21 Å². The van der Waals surface area contributed by atoms with Gasteiger partial charge >= 0.3 is 0 Å². The van der Waals surface area contributed by atoms with Crippen LogP contribution in [0.5, 0.6) is 0 Å². The van der Waals surface area contributed by atoms with Gasteiger partial charge in [-0.2, -0.15) is 5.10 Å². The Kier molecular flexibility index (Phi) is 3.47. The zero-order chi connectivity index (χ0) is 13.1. The molecule has 0 radical (unpaired) electrons. The lowest BCUT2D eigenvalue weighted by molar-refractivity contribution is 0.318. The normalized spacial score (nSPS) is 11.8. The number of nitrogens with two attached hydrogens (primary N) is 1. The number of rotatable bonds is 3. The summed E-state index contributed by atoms with van der Waals surface area (Å²) < 4.78 is 1.68. The molecule has 0 aliphatic rings. The fourth-order valence-corrected chi connectivity index (χ4v) is 2.49. The summed E-state index contributed by atoms with van der Waals surface area (Å²) in [5.74, 6) is 0.0390. The SMILES string of the molecule is Cc1nn(C)c(Sc2ccncn2)c1C(N)=NO. The summed E-state index contributed by atoms with van der Waals surface area (Å²) in [4.78, 5) is 7.97. The molecule has 8 heteroatoms. The van der Waals surface area contributed by atoms with Crippen LogP contribution in [0.4, 0.5) is 0 Å². The van der Waals surface area contributed by atoms with Gasteiger partial charge in [-0.3, -0.25) is 4.68 Å². The molecule has 0 saturated carbocycles. The summed E-state index contributed by atoms with van der Waals surface area (Å²) in [7, 11) is 1.80. The molecule has 0 unspecified atom stereocenters. The average molecular weight is 264 g/mol. The standard InChI is InChI=1S/C10H12N6OS/c1-6-8(9(11)15-17)10(16(2)14-6)18-7-3-4-12-5-13-7/h3-5,17H,1-2H3,(H2,11,15). The topological polar surface area (TPSA) is 102 Å². The minimum absolute atomic E-state index is 0.0390. The van der Waals surface area contributed by atoms with Gasteiger partial charge in [-0.25, -0.2) is 9.97 Å². The first kappa shape index (κ1) is 12.4. The predicted octanol–water partition coefficient (Wildman–Crippen LogP) is 0.764. The average Bonchev–Trinajstić information content (AvgIpc) is 2.65. The van der Waals surface area contributed by atoms with Gasteiger partial charge in [-0.1, -0.05) is 5.16 Å². The zero-order valence-corrected chi connectivity index (χ0v) is 10.7. The molecule has 2 rings (SSSR count). The van der Waals surface area contributed by atoms with E-state index in [-0.39, 0.29) is 5.84 Å². The van der Waals surface area contributed by atoms with Crippen LogP contribution in [0.3, 0.4) is 0 Å². The number of aryl methyl sites for hydroxylation is 2. The van der Waals surface area contributed by atoms with Crippen molar-refractivity contribution in [3.05, 3.63) is 29.8 Å². The van der Waals surface area contributed by atoms with Crippen LogP contribution in [-0.2, 0) is 7.05 Å². The van der Waals surface area contributed by atoms with Crippen LogP contribution in [0, 0.1) is 6.92 Å². The molecule has 7 nitrogen and oxygen atoms in total. The van der Waals surface area contributed by atoms with Crippen molar-refractivity contribution in [3.63, 3.8) is 0 Å². The first-order valence-electron chi connectivity index (χ1n) is 5.09. The molecule has 0 fully saturated rings. The van der Waals surface area contributed by atoms with E-state index in [4.69, 9.17) is 10.9 Å². The summed E-state index contributed by atoms with van der Waals surface area (Å²) in [5, 5.41) is 17.6. The number of nitrogens with zero attached hydrogens (tertiary/aromatic N) is 5. The molecule has 18 heavy (non-hydrogen) atoms. The molecule has 3 N–H and O–H groups in total. The van der Waals surface area contributed by atoms with Crippen molar-refractivity contribution in [2.24, 2.45) is 17.9 Å². The van der Waals surface area contributed by atoms with E-state index < -0.39 is 0 Å². The summed E-state index contributed by atoms with van der Waals surface area (Å²) in [6.07, 6.45) is 3.12. The number of oxime groups is 1. The number of amidine groups is 1. The molecule has 0 aromatic carbocycles. The highest BCUT2D eigenvalue weighted by Crippen LogP contribution is 2.29. The van der Waals surface area contributed by atoms with E-state index in [2.05, 4.69) is 20.2 Å². The smallest absolute Gasteiger partial charge is 0.174 e. The summed E-state index contributed by atoms with van der Waals surface area (Å²) >= 11 is 1.38. The van der Waals surface area contributed by atoms with Crippen LogP contribution in [0.2, 0.25) is 0 Å². The molecule has 0 atom stereocenters. The van der Waals surface area contributed by atoms with Gasteiger partial charge in [0.1, 0.15) is 16.4 Å². The van der Waals surface area contributed by atoms with Gasteiger partial charge in [-0.15, -0.1) is 0 Å². The van der Waals surface area contributed by atoms with Crippen molar-refractivity contribution in [2.45, 2.75) is 17.0 Å². The molecule has 94 valence electrons. The Labute approximate surface area is 108 Å². The molecule has 0 amide bonds. The molecule has 2 heterocycles. The van der Waals surface area contributed by atoms with Gasteiger partial charge in [0, 0.05) is 13.2 Å². The van der Waals surface area contributed by atoms with Crippen molar-refractivity contribution in [1.82, 2.24) is 19.7 Å². The molecule has 0 aliphatic carbocycles. The van der Waals surface area contributed by atoms with Crippen molar-refractivity contribution in [3.8, 4) is 0 Å². The Bertz CT molecular complexity index is 580. The van der Waals surface area contributed by atoms with Crippen LogP contribution in [0.1, 0.15) is 11.3 Å². The van der Waals surface area contributed by atoms with Gasteiger partial charge in [0.25, 0.3) is 0 Å². The van der Waals surface area contributed by atoms with E-state index in [1.165, 1.54) is 18.1 Å². The van der Waals surface area contributed by atoms with Gasteiger partial charge in [0.05, 0.1) is 11.3 Å². The van der Waals surface area contributed by atoms with E-state index in [1.54, 1.807) is 30.9 Å². The fraction of sp³-hybridized carbons (Fsp3) is 0.200. The molecule has 0 spiro atoms. The van der Waals surface area contributed by atoms with Crippen molar-refractivity contribution in [2.75, 3.05) is 0 Å². The third-order valence-corrected chi connectivity index (χ3v) is 3.40. The second kappa shape index (κ2) is 5.05. The minimum Gasteiger partial charge on any atom is -0.409 e. The Morgan fingerprint density at radius 3 is 2.94 bits per heavy atom. The number of hydrogen-bond acceptors (Lipinski definition) is 6. The van der Waals surface area contributed by atoms with Crippen LogP contribution in [0.25, 0.3) is 0 Å². The molecule has 0 aliphatic heterocycles. The van der Waals surface area contributed by atoms with Crippen molar-refractivity contribution >= 4 is 17.6 Å². The molecule has 2 aromatic rings. The molecule has 2 aromatic heterocycles. The first-order chi connectivity index (χ1) is 8.63. The fourth-order valence-electron chi connectivity index (χ4n) is 1.54. The van der Waals surface area contributed by atoms with E-state index in [0.717, 1.165) is 10.1 Å². The third-order valence-electron chi connectivity index (χ3n) is 2.29. The third kappa shape index (κ3) is 2.28. The Morgan fingerprint density at radius 1 is 1.56 bits per heavy atom. The van der Waals surface area contributed by atoms with Crippen LogP contribution < -0.4 is 5.73 Å². The lowest BCUT2D eigenvalue weighted by Gasteiger charge is -2.04. The van der Waals surface area contributed by atoms with Gasteiger partial charge in [-0.05, 0) is 24.8 Å². The van der Waals surface area contributed by atoms with Crippen LogP contribution >= 0.6 is 11.8 Å². The van der Waals surface area contributed by atoms with Crippen molar-refractivity contribution in [1.29, 1.82) is 0 Å². The van der Waals surface area contributed by atoms with E-state index in [0.29, 0.717) is 11.3 Å². The number of aromatic nitrogens is 4. The summed E-state index contributed by atoms with van der Waals surface area (Å²) in [6.45, 7) is 1.80. The lowest BCUT2D eigenvalue weighted by Crippen LogP contribution is -2.15. The van der Waals surface area contributed by atoms with E-state index in [9.17, 15) is 0 Å². The molecular weight excluding hydrogens is 252 g/mol. The minimum atomic E-state index is 0.0390. The Morgan fingerprint density at radius 2 is 2.33 bits per heavy atom. The maximum atomic E-state index is 8.80. The molecule has 0 bridgehead atoms. The Hall–Kier alpha value is -2.09. The summed E-state index contributed by atoms with van der Waals surface area (Å²) in [5.41, 5.74) is 6.98. The highest BCUT2D eigenvalue weighted by Gasteiger charge is 2.18. The predicted molar refractivity (Wildman–Crippen MR) is 66.6 cm³/mol.